The van der Waals surface area contributed by atoms with Gasteiger partial charge in [0.05, 0.1) is 17.5 Å². The number of halogens is 1. The van der Waals surface area contributed by atoms with Crippen LogP contribution in [-0.4, -0.2) is 25.5 Å². The number of ether oxygens (including phenoxy) is 1. The molecule has 0 amide bonds. The molecule has 0 bridgehead atoms. The Morgan fingerprint density at radius 2 is 1.85 bits per heavy atom. The molecule has 0 fully saturated rings. The van der Waals surface area contributed by atoms with Crippen LogP contribution >= 0.6 is 22.6 Å². The molecule has 0 radical (unpaired) electrons. The van der Waals surface area contributed by atoms with Crippen molar-refractivity contribution in [1.82, 2.24) is 3.97 Å². The number of aromatic nitrogens is 1. The minimum Gasteiger partial charge on any atom is -0.466 e. The van der Waals surface area contributed by atoms with E-state index in [4.69, 9.17) is 0 Å². The topological polar surface area (TPSA) is 65.4 Å². The second-order valence-corrected chi connectivity index (χ2v) is 8.65. The largest absolute Gasteiger partial charge is 0.466 e. The second kappa shape index (κ2) is 7.24. The van der Waals surface area contributed by atoms with Gasteiger partial charge in [0, 0.05) is 21.2 Å². The Balaban J connectivity index is 2.14. The van der Waals surface area contributed by atoms with Gasteiger partial charge in [-0.25, -0.2) is 17.2 Å². The summed E-state index contributed by atoms with van der Waals surface area (Å²) in [5, 5.41) is 0.806. The summed E-state index contributed by atoms with van der Waals surface area (Å²) in [4.78, 5) is 11.7. The predicted molar refractivity (Wildman–Crippen MR) is 109 cm³/mol. The molecular weight excluding hydrogens is 465 g/mol. The second-order valence-electron chi connectivity index (χ2n) is 5.67. The van der Waals surface area contributed by atoms with Crippen molar-refractivity contribution in [1.29, 1.82) is 0 Å². The van der Waals surface area contributed by atoms with E-state index in [1.165, 1.54) is 17.2 Å². The molecule has 5 nitrogen and oxygen atoms in total. The minimum absolute atomic E-state index is 0.235. The predicted octanol–water partition coefficient (Wildman–Crippen LogP) is 4.06. The molecule has 0 aliphatic carbocycles. The summed E-state index contributed by atoms with van der Waals surface area (Å²) >= 11 is 2.11. The van der Waals surface area contributed by atoms with Crippen LogP contribution in [0.15, 0.2) is 65.7 Å². The third-order valence-corrected chi connectivity index (χ3v) is 6.56. The zero-order valence-electron chi connectivity index (χ0n) is 14.1. The molecule has 0 N–H and O–H groups in total. The maximum atomic E-state index is 13.0. The molecule has 3 aromatic rings. The molecule has 0 aliphatic rings. The lowest BCUT2D eigenvalue weighted by molar-refractivity contribution is -0.134. The van der Waals surface area contributed by atoms with Crippen molar-refractivity contribution in [2.24, 2.45) is 0 Å². The molecule has 1 aromatic heterocycles. The van der Waals surface area contributed by atoms with Gasteiger partial charge < -0.3 is 4.74 Å². The first-order chi connectivity index (χ1) is 12.3. The number of rotatable bonds is 4. The normalized spacial score (nSPS) is 12.3. The van der Waals surface area contributed by atoms with Crippen LogP contribution < -0.4 is 0 Å². The number of carbonyl (C=O) groups excluding carboxylic acids is 1. The van der Waals surface area contributed by atoms with Crippen molar-refractivity contribution in [2.75, 3.05) is 7.11 Å². The van der Waals surface area contributed by atoms with Gasteiger partial charge in [-0.2, -0.15) is 0 Å². The van der Waals surface area contributed by atoms with Crippen LogP contribution in [0.4, 0.5) is 0 Å². The number of methoxy groups -OCH3 is 1. The zero-order valence-corrected chi connectivity index (χ0v) is 17.1. The first-order valence-electron chi connectivity index (χ1n) is 7.72. The number of nitrogens with zero attached hydrogens (tertiary/aromatic N) is 1. The number of hydrogen-bond acceptors (Lipinski definition) is 4. The third kappa shape index (κ3) is 3.41. The van der Waals surface area contributed by atoms with E-state index in [1.54, 1.807) is 48.7 Å². The van der Waals surface area contributed by atoms with E-state index in [2.05, 4.69) is 27.3 Å². The van der Waals surface area contributed by atoms with E-state index < -0.39 is 16.0 Å². The maximum Gasteiger partial charge on any atom is 0.330 e. The van der Waals surface area contributed by atoms with Crippen molar-refractivity contribution in [3.05, 3.63) is 69.9 Å². The summed E-state index contributed by atoms with van der Waals surface area (Å²) in [6, 6.07) is 13.7. The number of fused-ring (bicyclic) bond motifs is 1. The lowest BCUT2D eigenvalue weighted by Crippen LogP contribution is -2.11. The van der Waals surface area contributed by atoms with E-state index in [-0.39, 0.29) is 4.90 Å². The van der Waals surface area contributed by atoms with Gasteiger partial charge in [0.2, 0.25) is 0 Å². The number of carbonyl (C=O) groups is 1. The average Bonchev–Trinajstić information content (AvgIpc) is 2.99. The van der Waals surface area contributed by atoms with E-state index in [0.717, 1.165) is 20.1 Å². The molecule has 134 valence electrons. The van der Waals surface area contributed by atoms with Gasteiger partial charge in [-0.05, 0) is 64.9 Å². The summed E-state index contributed by atoms with van der Waals surface area (Å²) in [5.74, 6) is -0.429. The van der Waals surface area contributed by atoms with Gasteiger partial charge in [0.15, 0.2) is 0 Å². The summed E-state index contributed by atoms with van der Waals surface area (Å²) in [7, 11) is -2.35. The Labute approximate surface area is 165 Å². The van der Waals surface area contributed by atoms with Crippen LogP contribution in [0.25, 0.3) is 16.5 Å². The van der Waals surface area contributed by atoms with Crippen molar-refractivity contribution in [2.45, 2.75) is 11.8 Å². The molecule has 0 saturated carbocycles. The molecule has 26 heavy (non-hydrogen) atoms. The Bertz CT molecular complexity index is 1120. The van der Waals surface area contributed by atoms with Crippen LogP contribution in [0, 0.1) is 3.57 Å². The molecule has 0 aliphatic heterocycles. The average molecular weight is 481 g/mol. The van der Waals surface area contributed by atoms with E-state index in [9.17, 15) is 13.2 Å². The van der Waals surface area contributed by atoms with Crippen molar-refractivity contribution in [3.8, 4) is 0 Å². The van der Waals surface area contributed by atoms with Crippen LogP contribution in [0.5, 0.6) is 0 Å². The monoisotopic (exact) mass is 481 g/mol. The van der Waals surface area contributed by atoms with Gasteiger partial charge in [-0.1, -0.05) is 24.3 Å². The Hall–Kier alpha value is -2.13. The molecule has 7 heteroatoms. The minimum atomic E-state index is -3.68. The van der Waals surface area contributed by atoms with Gasteiger partial charge in [0.1, 0.15) is 0 Å². The summed E-state index contributed by atoms with van der Waals surface area (Å²) in [6.07, 6.45) is 3.02. The lowest BCUT2D eigenvalue weighted by atomic mass is 10.1. The first-order valence-corrected chi connectivity index (χ1v) is 10.2. The van der Waals surface area contributed by atoms with Crippen LogP contribution in [0.1, 0.15) is 12.5 Å². The first kappa shape index (κ1) is 18.7. The highest BCUT2D eigenvalue weighted by Crippen LogP contribution is 2.29. The molecular formula is C19H16INO4S. The maximum absolute atomic E-state index is 13.0. The highest BCUT2D eigenvalue weighted by atomic mass is 127. The molecule has 0 unspecified atom stereocenters. The van der Waals surface area contributed by atoms with Crippen molar-refractivity contribution < 1.29 is 17.9 Å². The van der Waals surface area contributed by atoms with Gasteiger partial charge in [-0.15, -0.1) is 0 Å². The fraction of sp³-hybridized carbons (Fsp3) is 0.105. The molecule has 1 heterocycles. The van der Waals surface area contributed by atoms with Crippen LogP contribution in [0.3, 0.4) is 0 Å². The van der Waals surface area contributed by atoms with Crippen LogP contribution in [0.2, 0.25) is 0 Å². The zero-order chi connectivity index (χ0) is 18.9. The van der Waals surface area contributed by atoms with Gasteiger partial charge >= 0.3 is 5.97 Å². The number of hydrogen-bond donors (Lipinski definition) is 0. The highest BCUT2D eigenvalue weighted by molar-refractivity contribution is 14.1. The quantitative estimate of drug-likeness (QED) is 0.321. The fourth-order valence-corrected chi connectivity index (χ4v) is 4.92. The fourth-order valence-electron chi connectivity index (χ4n) is 2.63. The summed E-state index contributed by atoms with van der Waals surface area (Å²) in [6.45, 7) is 1.81. The summed E-state index contributed by atoms with van der Waals surface area (Å²) < 4.78 is 32.7. The SMILES string of the molecule is COC(=O)C=C(C)c1ccc2c(c1)c(I)cn2S(=O)(=O)c1ccccc1. The number of esters is 1. The molecule has 2 aromatic carbocycles. The smallest absolute Gasteiger partial charge is 0.330 e. The Morgan fingerprint density at radius 1 is 1.15 bits per heavy atom. The molecule has 3 rings (SSSR count). The van der Waals surface area contributed by atoms with Gasteiger partial charge in [0.25, 0.3) is 10.0 Å². The van der Waals surface area contributed by atoms with E-state index >= 15 is 0 Å². The molecule has 0 saturated heterocycles. The number of allylic oxidation sites excluding steroid dienone is 1. The standard InChI is InChI=1S/C19H16INO4S/c1-13(10-19(22)25-2)14-8-9-18-16(11-14)17(20)12-21(18)26(23,24)15-6-4-3-5-7-15/h3-12H,1-2H3. The van der Waals surface area contributed by atoms with Gasteiger partial charge in [-0.3, -0.25) is 0 Å². The number of benzene rings is 2. The van der Waals surface area contributed by atoms with Crippen LogP contribution in [-0.2, 0) is 19.6 Å². The van der Waals surface area contributed by atoms with E-state index in [1.807, 2.05) is 13.0 Å². The van der Waals surface area contributed by atoms with Crippen molar-refractivity contribution in [3.63, 3.8) is 0 Å². The molecule has 0 spiro atoms. The van der Waals surface area contributed by atoms with Crippen molar-refractivity contribution >= 4 is 55.1 Å². The molecule has 0 atom stereocenters. The Morgan fingerprint density at radius 3 is 2.50 bits per heavy atom. The summed E-state index contributed by atoms with van der Waals surface area (Å²) in [5.41, 5.74) is 2.16. The highest BCUT2D eigenvalue weighted by Gasteiger charge is 2.20. The van der Waals surface area contributed by atoms with E-state index in [0.29, 0.717) is 5.52 Å². The lowest BCUT2D eigenvalue weighted by Gasteiger charge is -2.08. The third-order valence-electron chi connectivity index (χ3n) is 4.01. The Kier molecular flexibility index (Phi) is 5.19.